The highest BCUT2D eigenvalue weighted by molar-refractivity contribution is 6.30. The Morgan fingerprint density at radius 3 is 2.36 bits per heavy atom. The quantitative estimate of drug-likeness (QED) is 0.397. The lowest BCUT2D eigenvalue weighted by molar-refractivity contribution is -0.158. The van der Waals surface area contributed by atoms with Crippen LogP contribution in [0.3, 0.4) is 0 Å². The smallest absolute Gasteiger partial charge is 0.250 e. The van der Waals surface area contributed by atoms with Gasteiger partial charge < -0.3 is 19.3 Å². The van der Waals surface area contributed by atoms with Gasteiger partial charge >= 0.3 is 0 Å². The summed E-state index contributed by atoms with van der Waals surface area (Å²) in [5, 5.41) is 0.678. The summed E-state index contributed by atoms with van der Waals surface area (Å²) in [5.74, 6) is 1.21. The Kier molecular flexibility index (Phi) is 9.13. The lowest BCUT2D eigenvalue weighted by atomic mass is 9.96. The molecule has 0 N–H and O–H groups in total. The molecule has 2 amide bonds. The molecule has 0 spiro atoms. The van der Waals surface area contributed by atoms with Crippen molar-refractivity contribution in [1.82, 2.24) is 9.80 Å². The second-order valence-corrected chi connectivity index (χ2v) is 10.2. The van der Waals surface area contributed by atoms with E-state index in [1.165, 1.54) is 12.8 Å². The second kappa shape index (κ2) is 12.5. The van der Waals surface area contributed by atoms with E-state index in [4.69, 9.17) is 21.1 Å². The highest BCUT2D eigenvalue weighted by Crippen LogP contribution is 2.36. The number of benzene rings is 2. The third-order valence-electron chi connectivity index (χ3n) is 7.24. The van der Waals surface area contributed by atoms with Gasteiger partial charge in [0, 0.05) is 17.6 Å². The maximum atomic E-state index is 14.0. The monoisotopic (exact) mass is 512 g/mol. The van der Waals surface area contributed by atoms with Gasteiger partial charge in [-0.25, -0.2) is 0 Å². The van der Waals surface area contributed by atoms with Crippen molar-refractivity contribution in [2.45, 2.75) is 70.4 Å². The normalized spacial score (nSPS) is 19.4. The second-order valence-electron chi connectivity index (χ2n) is 9.74. The van der Waals surface area contributed by atoms with Gasteiger partial charge in [0.15, 0.2) is 11.5 Å². The van der Waals surface area contributed by atoms with Crippen LogP contribution in [0.15, 0.2) is 42.5 Å². The standard InChI is InChI=1S/C29H37ClN2O4/c1-3-18-36-25-15-12-22(19-26(25)35-2)28-29(34)32(24-8-6-4-5-7-9-24)20-27(33)31(28)17-16-21-10-13-23(30)14-11-21/h10-15,19,24,28H,3-9,16-18,20H2,1-2H3. The summed E-state index contributed by atoms with van der Waals surface area (Å²) in [6, 6.07) is 12.7. The van der Waals surface area contributed by atoms with Crippen LogP contribution in [0.4, 0.5) is 0 Å². The molecule has 36 heavy (non-hydrogen) atoms. The molecule has 1 atom stereocenters. The summed E-state index contributed by atoms with van der Waals surface area (Å²) in [7, 11) is 1.60. The van der Waals surface area contributed by atoms with Crippen molar-refractivity contribution in [2.24, 2.45) is 0 Å². The van der Waals surface area contributed by atoms with Gasteiger partial charge in [-0.3, -0.25) is 9.59 Å². The van der Waals surface area contributed by atoms with E-state index < -0.39 is 6.04 Å². The molecule has 2 aliphatic rings. The highest BCUT2D eigenvalue weighted by atomic mass is 35.5. The zero-order chi connectivity index (χ0) is 25.5. The third-order valence-corrected chi connectivity index (χ3v) is 7.49. The van der Waals surface area contributed by atoms with E-state index in [0.717, 1.165) is 43.2 Å². The van der Waals surface area contributed by atoms with Crippen LogP contribution in [0.1, 0.15) is 69.0 Å². The van der Waals surface area contributed by atoms with Gasteiger partial charge in [-0.05, 0) is 61.1 Å². The van der Waals surface area contributed by atoms with Gasteiger partial charge in [0.2, 0.25) is 5.91 Å². The van der Waals surface area contributed by atoms with E-state index in [2.05, 4.69) is 0 Å². The average Bonchev–Trinajstić information content (AvgIpc) is 3.18. The molecule has 0 bridgehead atoms. The molecule has 2 fully saturated rings. The van der Waals surface area contributed by atoms with Gasteiger partial charge in [-0.2, -0.15) is 0 Å². The summed E-state index contributed by atoms with van der Waals surface area (Å²) in [4.78, 5) is 31.2. The van der Waals surface area contributed by atoms with Gasteiger partial charge in [0.1, 0.15) is 12.6 Å². The van der Waals surface area contributed by atoms with Gasteiger partial charge in [-0.15, -0.1) is 0 Å². The maximum Gasteiger partial charge on any atom is 0.250 e. The Labute approximate surface area is 219 Å². The molecule has 0 radical (unpaired) electrons. The van der Waals surface area contributed by atoms with Crippen molar-refractivity contribution in [3.05, 3.63) is 58.6 Å². The number of halogens is 1. The molecular formula is C29H37ClN2O4. The largest absolute Gasteiger partial charge is 0.493 e. The molecular weight excluding hydrogens is 476 g/mol. The zero-order valence-corrected chi connectivity index (χ0v) is 22.1. The number of nitrogens with zero attached hydrogens (tertiary/aromatic N) is 2. The summed E-state index contributed by atoms with van der Waals surface area (Å²) >= 11 is 6.04. The Morgan fingerprint density at radius 1 is 0.972 bits per heavy atom. The molecule has 0 aromatic heterocycles. The van der Waals surface area contributed by atoms with Crippen molar-refractivity contribution < 1.29 is 19.1 Å². The number of methoxy groups -OCH3 is 1. The Balaban J connectivity index is 1.64. The minimum atomic E-state index is -0.684. The first-order valence-corrected chi connectivity index (χ1v) is 13.5. The van der Waals surface area contributed by atoms with Crippen molar-refractivity contribution in [3.63, 3.8) is 0 Å². The molecule has 6 nitrogen and oxygen atoms in total. The lowest BCUT2D eigenvalue weighted by Gasteiger charge is -2.43. The highest BCUT2D eigenvalue weighted by Gasteiger charge is 2.42. The van der Waals surface area contributed by atoms with Crippen LogP contribution in [0, 0.1) is 0 Å². The first-order chi connectivity index (χ1) is 17.5. The van der Waals surface area contributed by atoms with E-state index in [1.54, 1.807) is 12.0 Å². The minimum absolute atomic E-state index is 0.00175. The fraction of sp³-hybridized carbons (Fsp3) is 0.517. The molecule has 7 heteroatoms. The molecule has 1 aliphatic carbocycles. The molecule has 2 aromatic carbocycles. The number of hydrogen-bond donors (Lipinski definition) is 0. The third kappa shape index (κ3) is 6.15. The predicted octanol–water partition coefficient (Wildman–Crippen LogP) is 5.81. The molecule has 4 rings (SSSR count). The van der Waals surface area contributed by atoms with Crippen LogP contribution in [-0.2, 0) is 16.0 Å². The first-order valence-electron chi connectivity index (χ1n) is 13.2. The summed E-state index contributed by atoms with van der Waals surface area (Å²) in [5.41, 5.74) is 1.83. The molecule has 1 heterocycles. The van der Waals surface area contributed by atoms with Crippen LogP contribution in [0.5, 0.6) is 11.5 Å². The number of ether oxygens (including phenoxy) is 2. The van der Waals surface area contributed by atoms with Crippen LogP contribution in [0.2, 0.25) is 5.02 Å². The van der Waals surface area contributed by atoms with E-state index in [1.807, 2.05) is 54.3 Å². The predicted molar refractivity (Wildman–Crippen MR) is 142 cm³/mol. The fourth-order valence-electron chi connectivity index (χ4n) is 5.29. The van der Waals surface area contributed by atoms with Crippen LogP contribution in [0.25, 0.3) is 0 Å². The fourth-order valence-corrected chi connectivity index (χ4v) is 5.42. The number of hydrogen-bond acceptors (Lipinski definition) is 4. The summed E-state index contributed by atoms with van der Waals surface area (Å²) in [6.07, 6.45) is 8.04. The van der Waals surface area contributed by atoms with Gasteiger partial charge in [-0.1, -0.05) is 62.4 Å². The summed E-state index contributed by atoms with van der Waals surface area (Å²) in [6.45, 7) is 3.23. The SMILES string of the molecule is CCCOc1ccc(C2C(=O)N(C3CCCCCC3)CC(=O)N2CCc2ccc(Cl)cc2)cc1OC. The molecule has 1 aliphatic heterocycles. The van der Waals surface area contributed by atoms with Crippen LogP contribution >= 0.6 is 11.6 Å². The van der Waals surface area contributed by atoms with Crippen molar-refractivity contribution in [3.8, 4) is 11.5 Å². The first kappa shape index (κ1) is 26.3. The van der Waals surface area contributed by atoms with E-state index >= 15 is 0 Å². The lowest BCUT2D eigenvalue weighted by Crippen LogP contribution is -2.58. The maximum absolute atomic E-state index is 14.0. The van der Waals surface area contributed by atoms with E-state index in [9.17, 15) is 9.59 Å². The number of carbonyl (C=O) groups is 2. The average molecular weight is 513 g/mol. The Hall–Kier alpha value is -2.73. The molecule has 1 saturated carbocycles. The van der Waals surface area contributed by atoms with E-state index in [0.29, 0.717) is 36.1 Å². The minimum Gasteiger partial charge on any atom is -0.493 e. The topological polar surface area (TPSA) is 59.1 Å². The summed E-state index contributed by atoms with van der Waals surface area (Å²) < 4.78 is 11.4. The van der Waals surface area contributed by atoms with Gasteiger partial charge in [0.25, 0.3) is 5.91 Å². The van der Waals surface area contributed by atoms with Crippen molar-refractivity contribution >= 4 is 23.4 Å². The van der Waals surface area contributed by atoms with Crippen molar-refractivity contribution in [1.29, 1.82) is 0 Å². The molecule has 2 aromatic rings. The Morgan fingerprint density at radius 2 is 1.69 bits per heavy atom. The van der Waals surface area contributed by atoms with E-state index in [-0.39, 0.29) is 24.4 Å². The zero-order valence-electron chi connectivity index (χ0n) is 21.4. The Bertz CT molecular complexity index is 1030. The van der Waals surface area contributed by atoms with Crippen molar-refractivity contribution in [2.75, 3.05) is 26.8 Å². The molecule has 1 unspecified atom stereocenters. The number of piperazine rings is 1. The van der Waals surface area contributed by atoms with Crippen LogP contribution < -0.4 is 9.47 Å². The molecule has 1 saturated heterocycles. The molecule has 194 valence electrons. The van der Waals surface area contributed by atoms with Gasteiger partial charge in [0.05, 0.1) is 13.7 Å². The van der Waals surface area contributed by atoms with Crippen LogP contribution in [-0.4, -0.2) is 54.5 Å². The number of amides is 2. The number of rotatable bonds is 9. The number of carbonyl (C=O) groups excluding carboxylic acids is 2.